The number of rotatable bonds is 2. The molecule has 3 aliphatic rings. The molecule has 1 heterocycles. The maximum absolute atomic E-state index is 12.4. The van der Waals surface area contributed by atoms with Crippen molar-refractivity contribution < 1.29 is 14.3 Å². The second-order valence-corrected chi connectivity index (χ2v) is 7.04. The number of carbonyl (C=O) groups excluding carboxylic acids is 2. The van der Waals surface area contributed by atoms with E-state index in [-0.39, 0.29) is 29.2 Å². The van der Waals surface area contributed by atoms with Gasteiger partial charge in [0.1, 0.15) is 6.10 Å². The average molecular weight is 286 g/mol. The summed E-state index contributed by atoms with van der Waals surface area (Å²) in [6.07, 6.45) is 7.71. The lowest BCUT2D eigenvalue weighted by Gasteiger charge is -2.44. The van der Waals surface area contributed by atoms with E-state index < -0.39 is 5.41 Å². The average Bonchev–Trinajstić information content (AvgIpc) is 2.67. The highest BCUT2D eigenvalue weighted by Crippen LogP contribution is 2.57. The van der Waals surface area contributed by atoms with Gasteiger partial charge in [-0.25, -0.2) is 0 Å². The van der Waals surface area contributed by atoms with Gasteiger partial charge in [-0.2, -0.15) is 0 Å². The predicted molar refractivity (Wildman–Crippen MR) is 80.5 cm³/mol. The van der Waals surface area contributed by atoms with Gasteiger partial charge in [-0.05, 0) is 44.8 Å². The molecule has 0 aromatic heterocycles. The normalized spacial score (nSPS) is 41.7. The van der Waals surface area contributed by atoms with E-state index in [0.29, 0.717) is 6.42 Å². The van der Waals surface area contributed by atoms with Crippen LogP contribution < -0.4 is 0 Å². The molecule has 0 radical (unpaired) electrons. The van der Waals surface area contributed by atoms with E-state index in [4.69, 9.17) is 4.74 Å². The summed E-state index contributed by atoms with van der Waals surface area (Å²) in [5.74, 6) is 0.0285. The van der Waals surface area contributed by atoms with Crippen LogP contribution in [0.5, 0.6) is 0 Å². The number of carbonyl (C=O) groups is 2. The summed E-state index contributed by atoms with van der Waals surface area (Å²) in [4.78, 5) is 24.5. The molecule has 0 aromatic carbocycles. The van der Waals surface area contributed by atoms with Gasteiger partial charge < -0.3 is 4.74 Å². The lowest BCUT2D eigenvalue weighted by Crippen LogP contribution is -2.42. The van der Waals surface area contributed by atoms with Crippen molar-refractivity contribution in [3.8, 4) is 0 Å². The molecule has 4 atom stereocenters. The largest absolute Gasteiger partial charge is 0.457 e. The van der Waals surface area contributed by atoms with Crippen LogP contribution in [0.2, 0.25) is 0 Å². The minimum Gasteiger partial charge on any atom is -0.457 e. The SMILES string of the molecule is C=CC[C@@]1(C)C(=O)O[C@@H]2C3=C(C)C(=O)C=C[C@]3(C)CC[C@H]21. The lowest BCUT2D eigenvalue weighted by molar-refractivity contribution is -0.147. The Kier molecular flexibility index (Phi) is 3.01. The summed E-state index contributed by atoms with van der Waals surface area (Å²) in [5.41, 5.74) is 1.11. The first kappa shape index (κ1) is 14.3. The molecule has 1 saturated heterocycles. The summed E-state index contributed by atoms with van der Waals surface area (Å²) in [5, 5.41) is 0. The molecule has 3 rings (SSSR count). The molecule has 3 nitrogen and oxygen atoms in total. The van der Waals surface area contributed by atoms with Crippen molar-refractivity contribution in [1.29, 1.82) is 0 Å². The highest BCUT2D eigenvalue weighted by Gasteiger charge is 2.59. The summed E-state index contributed by atoms with van der Waals surface area (Å²) < 4.78 is 5.76. The van der Waals surface area contributed by atoms with Gasteiger partial charge in [0.15, 0.2) is 5.78 Å². The van der Waals surface area contributed by atoms with Crippen LogP contribution in [0.3, 0.4) is 0 Å². The van der Waals surface area contributed by atoms with Crippen LogP contribution in [-0.2, 0) is 14.3 Å². The summed E-state index contributed by atoms with van der Waals surface area (Å²) in [7, 11) is 0. The van der Waals surface area contributed by atoms with Gasteiger partial charge in [0.25, 0.3) is 0 Å². The van der Waals surface area contributed by atoms with Gasteiger partial charge in [0.2, 0.25) is 0 Å². The second-order valence-electron chi connectivity index (χ2n) is 7.04. The second kappa shape index (κ2) is 4.43. The highest BCUT2D eigenvalue weighted by atomic mass is 16.6. The van der Waals surface area contributed by atoms with Crippen molar-refractivity contribution in [1.82, 2.24) is 0 Å². The maximum atomic E-state index is 12.4. The van der Waals surface area contributed by atoms with E-state index >= 15 is 0 Å². The molecule has 0 spiro atoms. The van der Waals surface area contributed by atoms with Gasteiger partial charge >= 0.3 is 5.97 Å². The van der Waals surface area contributed by atoms with E-state index in [9.17, 15) is 9.59 Å². The highest BCUT2D eigenvalue weighted by molar-refractivity contribution is 6.05. The Hall–Kier alpha value is -1.64. The first-order chi connectivity index (χ1) is 9.83. The molecule has 1 aliphatic heterocycles. The van der Waals surface area contributed by atoms with Crippen LogP contribution in [0.15, 0.2) is 36.0 Å². The van der Waals surface area contributed by atoms with E-state index in [1.54, 1.807) is 12.2 Å². The Morgan fingerprint density at radius 2 is 2.14 bits per heavy atom. The third kappa shape index (κ3) is 1.79. The number of ketones is 1. The number of allylic oxidation sites excluding steroid dienone is 4. The van der Waals surface area contributed by atoms with Crippen LogP contribution in [-0.4, -0.2) is 17.9 Å². The minimum atomic E-state index is -0.509. The Bertz CT molecular complexity index is 598. The number of hydrogen-bond acceptors (Lipinski definition) is 3. The molecule has 112 valence electrons. The summed E-state index contributed by atoms with van der Waals surface area (Å²) in [6.45, 7) is 9.75. The zero-order valence-electron chi connectivity index (χ0n) is 12.9. The maximum Gasteiger partial charge on any atom is 0.313 e. The van der Waals surface area contributed by atoms with E-state index in [0.717, 1.165) is 24.0 Å². The number of ether oxygens (including phenoxy) is 1. The van der Waals surface area contributed by atoms with Gasteiger partial charge in [-0.3, -0.25) is 9.59 Å². The van der Waals surface area contributed by atoms with Crippen molar-refractivity contribution in [3.05, 3.63) is 36.0 Å². The van der Waals surface area contributed by atoms with Crippen LogP contribution in [0.4, 0.5) is 0 Å². The molecule has 0 amide bonds. The molecule has 0 N–H and O–H groups in total. The van der Waals surface area contributed by atoms with Crippen LogP contribution in [0, 0.1) is 16.7 Å². The van der Waals surface area contributed by atoms with Crippen molar-refractivity contribution in [3.63, 3.8) is 0 Å². The van der Waals surface area contributed by atoms with Gasteiger partial charge in [0, 0.05) is 16.9 Å². The molecule has 1 saturated carbocycles. The molecule has 0 aromatic rings. The first-order valence-electron chi connectivity index (χ1n) is 7.60. The number of esters is 1. The summed E-state index contributed by atoms with van der Waals surface area (Å²) >= 11 is 0. The van der Waals surface area contributed by atoms with Gasteiger partial charge in [-0.1, -0.05) is 19.1 Å². The quantitative estimate of drug-likeness (QED) is 0.577. The third-order valence-electron chi connectivity index (χ3n) is 5.70. The zero-order valence-corrected chi connectivity index (χ0v) is 12.9. The van der Waals surface area contributed by atoms with E-state index in [1.807, 2.05) is 19.9 Å². The molecular weight excluding hydrogens is 264 g/mol. The fraction of sp³-hybridized carbons (Fsp3) is 0.556. The van der Waals surface area contributed by atoms with E-state index in [1.165, 1.54) is 0 Å². The van der Waals surface area contributed by atoms with Crippen LogP contribution in [0.1, 0.15) is 40.0 Å². The van der Waals surface area contributed by atoms with E-state index in [2.05, 4.69) is 13.5 Å². The fourth-order valence-electron chi connectivity index (χ4n) is 4.33. The Morgan fingerprint density at radius 1 is 1.43 bits per heavy atom. The van der Waals surface area contributed by atoms with Crippen molar-refractivity contribution in [2.45, 2.75) is 46.1 Å². The number of fused-ring (bicyclic) bond motifs is 3. The van der Waals surface area contributed by atoms with Gasteiger partial charge in [-0.15, -0.1) is 6.58 Å². The van der Waals surface area contributed by atoms with Crippen molar-refractivity contribution >= 4 is 11.8 Å². The Balaban J connectivity index is 2.08. The standard InChI is InChI=1S/C18H22O3/c1-5-8-18(4)12-6-9-17(3)10-7-13(19)11(2)14(17)15(12)21-16(18)20/h5,7,10,12,15H,1,6,8-9H2,2-4H3/t12-,15+,17+,18-/m1/s1. The first-order valence-corrected chi connectivity index (χ1v) is 7.60. The van der Waals surface area contributed by atoms with Crippen molar-refractivity contribution in [2.75, 3.05) is 0 Å². The monoisotopic (exact) mass is 286 g/mol. The summed E-state index contributed by atoms with van der Waals surface area (Å²) in [6, 6.07) is 0. The molecule has 2 aliphatic carbocycles. The van der Waals surface area contributed by atoms with Crippen LogP contribution >= 0.6 is 0 Å². The minimum absolute atomic E-state index is 0.0384. The Labute approximate surface area is 125 Å². The lowest BCUT2D eigenvalue weighted by atomic mass is 9.58. The third-order valence-corrected chi connectivity index (χ3v) is 5.70. The smallest absolute Gasteiger partial charge is 0.313 e. The molecule has 2 fully saturated rings. The number of hydrogen-bond donors (Lipinski definition) is 0. The molecular formula is C18H22O3. The fourth-order valence-corrected chi connectivity index (χ4v) is 4.33. The molecule has 3 heteroatoms. The molecule has 21 heavy (non-hydrogen) atoms. The van der Waals surface area contributed by atoms with Crippen molar-refractivity contribution in [2.24, 2.45) is 16.7 Å². The Morgan fingerprint density at radius 3 is 2.81 bits per heavy atom. The van der Waals surface area contributed by atoms with Crippen LogP contribution in [0.25, 0.3) is 0 Å². The topological polar surface area (TPSA) is 43.4 Å². The molecule has 0 bridgehead atoms. The van der Waals surface area contributed by atoms with Gasteiger partial charge in [0.05, 0.1) is 5.41 Å². The molecule has 0 unspecified atom stereocenters. The predicted octanol–water partition coefficient (Wildman–Crippen LogP) is 3.37. The zero-order chi connectivity index (χ0) is 15.4.